The summed E-state index contributed by atoms with van der Waals surface area (Å²) < 4.78 is 33.6. The number of nitrogens with zero attached hydrogens (tertiary/aromatic N) is 2. The van der Waals surface area contributed by atoms with Gasteiger partial charge in [-0.2, -0.15) is 0 Å². The molecule has 364 valence electrons. The first-order chi connectivity index (χ1) is 28.7. The summed E-state index contributed by atoms with van der Waals surface area (Å²) in [6, 6.07) is 0. The lowest BCUT2D eigenvalue weighted by molar-refractivity contribution is -0.814. The lowest BCUT2D eigenvalue weighted by atomic mass is 10.1. The summed E-state index contributed by atoms with van der Waals surface area (Å²) >= 11 is 0. The molecule has 2 N–H and O–H groups in total. The third-order valence-electron chi connectivity index (χ3n) is 8.42. The van der Waals surface area contributed by atoms with E-state index in [4.69, 9.17) is 38.6 Å². The van der Waals surface area contributed by atoms with Crippen LogP contribution in [-0.4, -0.2) is 156 Å². The van der Waals surface area contributed by atoms with Gasteiger partial charge in [-0.25, -0.2) is 4.79 Å². The number of unbranched alkanes of at least 4 members (excludes halogenated alkanes) is 5. The van der Waals surface area contributed by atoms with E-state index in [0.29, 0.717) is 72.2 Å². The van der Waals surface area contributed by atoms with Gasteiger partial charge in [-0.3, -0.25) is 19.0 Å². The molecule has 0 saturated carbocycles. The minimum atomic E-state index is -0.573. The van der Waals surface area contributed by atoms with Crippen LogP contribution in [0.15, 0.2) is 13.2 Å². The summed E-state index contributed by atoms with van der Waals surface area (Å²) in [6.45, 7) is 34.3. The highest BCUT2D eigenvalue weighted by atomic mass is 16.6. The summed E-state index contributed by atoms with van der Waals surface area (Å²) in [5.74, 6) is -0.669. The van der Waals surface area contributed by atoms with E-state index in [1.165, 1.54) is 30.6 Å². The highest BCUT2D eigenvalue weighted by Gasteiger charge is 2.37. The molecule has 0 aromatic carbocycles. The van der Waals surface area contributed by atoms with E-state index in [2.05, 4.69) is 40.9 Å². The van der Waals surface area contributed by atoms with Gasteiger partial charge in [0.2, 0.25) is 11.8 Å². The predicted octanol–water partition coefficient (Wildman–Crippen LogP) is 8.66. The summed E-state index contributed by atoms with van der Waals surface area (Å²) in [4.78, 5) is 38.0. The molecule has 1 saturated heterocycles. The second-order valence-corrected chi connectivity index (χ2v) is 14.7. The van der Waals surface area contributed by atoms with E-state index >= 15 is 0 Å². The first-order valence-corrected chi connectivity index (χ1v) is 23.0. The zero-order valence-electron chi connectivity index (χ0n) is 42.0. The number of methoxy groups -OCH3 is 1. The number of amides is 3. The van der Waals surface area contributed by atoms with Crippen molar-refractivity contribution in [2.45, 2.75) is 165 Å². The maximum absolute atomic E-state index is 12.8. The zero-order valence-corrected chi connectivity index (χ0v) is 42.0. The Morgan fingerprint density at radius 1 is 0.750 bits per heavy atom. The van der Waals surface area contributed by atoms with Crippen molar-refractivity contribution in [2.75, 3.05) is 107 Å². The molecule has 3 amide bonds. The maximum atomic E-state index is 12.8. The molecule has 1 aliphatic heterocycles. The summed E-state index contributed by atoms with van der Waals surface area (Å²) in [7, 11) is 6.32. The zero-order chi connectivity index (χ0) is 47.7. The average molecular weight is 870 g/mol. The number of rotatable bonds is 30. The van der Waals surface area contributed by atoms with Crippen molar-refractivity contribution in [2.24, 2.45) is 5.92 Å². The molecular formula is C47H101N2O11+. The van der Waals surface area contributed by atoms with Crippen LogP contribution in [0.4, 0.5) is 0 Å². The van der Waals surface area contributed by atoms with Crippen LogP contribution in [0.3, 0.4) is 0 Å². The normalized spacial score (nSPS) is 13.6. The first-order valence-electron chi connectivity index (χ1n) is 23.0. The number of quaternary nitrogens is 1. The quantitative estimate of drug-likeness (QED) is 0.0309. The van der Waals surface area contributed by atoms with Gasteiger partial charge in [-0.05, 0) is 33.1 Å². The second kappa shape index (κ2) is 53.3. The van der Waals surface area contributed by atoms with Gasteiger partial charge in [0.25, 0.3) is 0 Å². The highest BCUT2D eigenvalue weighted by Crippen LogP contribution is 2.19. The SMILES string of the molecule is C=C.CC.CC.CCCCCC.CCCCOCCOCC(COCCC[N+](C)(C)C(=O)CCN1C(=O)CC(C)C1=O)OCCOCCCC.CO.COCCC(C)(C)O. The van der Waals surface area contributed by atoms with E-state index in [1.54, 1.807) is 27.9 Å². The fourth-order valence-corrected chi connectivity index (χ4v) is 4.79. The number of carbonyl (C=O) groups excluding carboxylic acids is 3. The van der Waals surface area contributed by atoms with Gasteiger partial charge in [0, 0.05) is 59.3 Å². The van der Waals surface area contributed by atoms with Gasteiger partial charge in [0.1, 0.15) is 6.10 Å². The van der Waals surface area contributed by atoms with Crippen molar-refractivity contribution in [1.29, 1.82) is 0 Å². The van der Waals surface area contributed by atoms with Gasteiger partial charge in [0.05, 0.1) is 78.9 Å². The van der Waals surface area contributed by atoms with Gasteiger partial charge < -0.3 is 38.6 Å². The minimum absolute atomic E-state index is 0.0102. The Bertz CT molecular complexity index is 882. The molecule has 0 aliphatic carbocycles. The van der Waals surface area contributed by atoms with Crippen molar-refractivity contribution in [3.63, 3.8) is 0 Å². The Kier molecular flexibility index (Phi) is 62.1. The van der Waals surface area contributed by atoms with Crippen molar-refractivity contribution in [1.82, 2.24) is 4.90 Å². The lowest BCUT2D eigenvalue weighted by Gasteiger charge is -2.27. The fraction of sp³-hybridized carbons (Fsp3) is 0.894. The smallest absolute Gasteiger partial charge is 0.315 e. The van der Waals surface area contributed by atoms with Crippen LogP contribution >= 0.6 is 0 Å². The minimum Gasteiger partial charge on any atom is -0.400 e. The molecule has 0 radical (unpaired) electrons. The standard InChI is InChI=1S/C28H53N2O8.C6H14O2.C6H14.2C2H6.C2H4.CH4O/c1-6-8-14-34-17-18-37-23-25(38-20-19-35-15-9-7-2)22-36-16-10-13-30(4,5)27(32)11-12-29-26(31)21-24(3)28(29)33;1-6(2,7)4-5-8-3;1-3-5-6-4-2;4*1-2/h24-25H,6-23H2,1-5H3;7H,4-5H2,1-3H3;3-6H2,1-2H3;2*1-2H3;1-2H2;2H,1H3/q+1;;;;;;. The molecule has 0 bridgehead atoms. The number of hydrogen-bond acceptors (Lipinski definition) is 11. The van der Waals surface area contributed by atoms with Crippen LogP contribution in [0, 0.1) is 5.92 Å². The topological polar surface area (TPSA) is 150 Å². The Morgan fingerprint density at radius 3 is 1.58 bits per heavy atom. The Balaban J connectivity index is -0.000000273. The van der Waals surface area contributed by atoms with Crippen LogP contribution in [0.1, 0.15) is 153 Å². The van der Waals surface area contributed by atoms with Gasteiger partial charge in [0.15, 0.2) is 0 Å². The van der Waals surface area contributed by atoms with E-state index in [-0.39, 0.29) is 53.6 Å². The van der Waals surface area contributed by atoms with Gasteiger partial charge in [-0.15, -0.1) is 13.2 Å². The largest absolute Gasteiger partial charge is 0.400 e. The molecule has 1 fully saturated rings. The molecule has 0 aromatic rings. The van der Waals surface area contributed by atoms with E-state index in [9.17, 15) is 14.4 Å². The predicted molar refractivity (Wildman–Crippen MR) is 249 cm³/mol. The first kappa shape index (κ1) is 69.9. The lowest BCUT2D eigenvalue weighted by Crippen LogP contribution is -2.48. The monoisotopic (exact) mass is 870 g/mol. The third-order valence-corrected chi connectivity index (χ3v) is 8.42. The maximum Gasteiger partial charge on any atom is 0.315 e. The molecule has 13 heteroatoms. The molecule has 1 rings (SSSR count). The van der Waals surface area contributed by atoms with E-state index in [0.717, 1.165) is 46.0 Å². The van der Waals surface area contributed by atoms with Crippen molar-refractivity contribution >= 4 is 17.7 Å². The van der Waals surface area contributed by atoms with Crippen LogP contribution in [0.25, 0.3) is 0 Å². The van der Waals surface area contributed by atoms with Crippen molar-refractivity contribution in [3.05, 3.63) is 13.2 Å². The summed E-state index contributed by atoms with van der Waals surface area (Å²) in [6.07, 6.45) is 11.4. The molecule has 13 nitrogen and oxygen atoms in total. The number of aliphatic hydroxyl groups is 2. The number of hydrogen-bond donors (Lipinski definition) is 2. The van der Waals surface area contributed by atoms with E-state index < -0.39 is 5.60 Å². The number of imide groups is 1. The van der Waals surface area contributed by atoms with Crippen LogP contribution < -0.4 is 0 Å². The van der Waals surface area contributed by atoms with Crippen LogP contribution in [-0.2, 0) is 42.8 Å². The molecule has 0 spiro atoms. The number of carbonyl (C=O) groups is 3. The molecule has 2 atom stereocenters. The highest BCUT2D eigenvalue weighted by molar-refractivity contribution is 6.03. The Labute approximate surface area is 370 Å². The van der Waals surface area contributed by atoms with Crippen molar-refractivity contribution in [3.8, 4) is 0 Å². The Morgan fingerprint density at radius 2 is 1.18 bits per heavy atom. The average Bonchev–Trinajstić information content (AvgIpc) is 3.50. The third kappa shape index (κ3) is 48.9. The summed E-state index contributed by atoms with van der Waals surface area (Å²) in [5, 5.41) is 16.1. The molecule has 1 heterocycles. The summed E-state index contributed by atoms with van der Waals surface area (Å²) in [5.41, 5.74) is -0.573. The molecule has 1 aliphatic rings. The number of aliphatic hydroxyl groups excluding tert-OH is 1. The van der Waals surface area contributed by atoms with Crippen molar-refractivity contribution < 1.29 is 57.5 Å². The number of ether oxygens (including phenoxy) is 6. The second-order valence-electron chi connectivity index (χ2n) is 14.7. The van der Waals surface area contributed by atoms with E-state index in [1.807, 2.05) is 41.8 Å². The fourth-order valence-electron chi connectivity index (χ4n) is 4.79. The van der Waals surface area contributed by atoms with Gasteiger partial charge >= 0.3 is 5.91 Å². The van der Waals surface area contributed by atoms with Crippen LogP contribution in [0.5, 0.6) is 0 Å². The molecule has 2 unspecified atom stereocenters. The van der Waals surface area contributed by atoms with Crippen LogP contribution in [0.2, 0.25) is 0 Å². The molecule has 0 aromatic heterocycles. The molecule has 60 heavy (non-hydrogen) atoms. The Hall–Kier alpha value is -1.81. The van der Waals surface area contributed by atoms with Gasteiger partial charge in [-0.1, -0.05) is 101 Å². The number of likely N-dealkylation sites (tertiary alicyclic amines) is 1. The molecular weight excluding hydrogens is 769 g/mol.